The number of carbonyl (C=O) groups excluding carboxylic acids is 1. The summed E-state index contributed by atoms with van der Waals surface area (Å²) in [6, 6.07) is 17.4. The maximum absolute atomic E-state index is 12.6. The lowest BCUT2D eigenvalue weighted by Gasteiger charge is -2.34. The second-order valence-corrected chi connectivity index (χ2v) is 8.40. The molecule has 0 saturated carbocycles. The number of para-hydroxylation sites is 2. The van der Waals surface area contributed by atoms with E-state index in [1.807, 2.05) is 66.4 Å². The molecule has 2 aromatic carbocycles. The maximum atomic E-state index is 12.6. The molecule has 0 bridgehead atoms. The van der Waals surface area contributed by atoms with Crippen LogP contribution < -0.4 is 9.47 Å². The van der Waals surface area contributed by atoms with Crippen LogP contribution in [0.25, 0.3) is 11.5 Å². The smallest absolute Gasteiger partial charge is 0.277 e. The van der Waals surface area contributed by atoms with Gasteiger partial charge >= 0.3 is 0 Å². The van der Waals surface area contributed by atoms with Crippen LogP contribution in [0.15, 0.2) is 64.2 Å². The lowest BCUT2D eigenvalue weighted by atomic mass is 10.2. The molecular formula is C24H28N4O4S. The molecule has 0 spiro atoms. The SMILES string of the molecule is CCOc1ccccc1-c1nnc(SCC(=O)N2CCN(CCOc3ccccc3)CC2)o1. The molecule has 3 aromatic rings. The van der Waals surface area contributed by atoms with Crippen molar-refractivity contribution in [3.8, 4) is 23.0 Å². The minimum Gasteiger partial charge on any atom is -0.493 e. The average Bonchev–Trinajstić information content (AvgIpc) is 3.33. The highest BCUT2D eigenvalue weighted by molar-refractivity contribution is 7.99. The summed E-state index contributed by atoms with van der Waals surface area (Å²) < 4.78 is 17.2. The van der Waals surface area contributed by atoms with E-state index in [-0.39, 0.29) is 11.7 Å². The van der Waals surface area contributed by atoms with Gasteiger partial charge in [0.1, 0.15) is 18.1 Å². The van der Waals surface area contributed by atoms with Crippen LogP contribution in [0.3, 0.4) is 0 Å². The number of amides is 1. The second-order valence-electron chi connectivity index (χ2n) is 7.47. The van der Waals surface area contributed by atoms with Crippen LogP contribution in [0, 0.1) is 0 Å². The molecule has 1 amide bonds. The third-order valence-electron chi connectivity index (χ3n) is 5.29. The lowest BCUT2D eigenvalue weighted by Crippen LogP contribution is -2.50. The van der Waals surface area contributed by atoms with E-state index in [4.69, 9.17) is 13.9 Å². The van der Waals surface area contributed by atoms with Crippen molar-refractivity contribution in [2.75, 3.05) is 51.7 Å². The molecule has 4 rings (SSSR count). The van der Waals surface area contributed by atoms with Crippen LogP contribution in [-0.4, -0.2) is 77.6 Å². The summed E-state index contributed by atoms with van der Waals surface area (Å²) in [4.78, 5) is 16.9. The Bertz CT molecular complexity index is 1020. The van der Waals surface area contributed by atoms with Gasteiger partial charge in [0.15, 0.2) is 0 Å². The minimum absolute atomic E-state index is 0.0784. The number of aromatic nitrogens is 2. The Balaban J connectivity index is 1.20. The van der Waals surface area contributed by atoms with E-state index in [2.05, 4.69) is 15.1 Å². The van der Waals surface area contributed by atoms with E-state index in [0.717, 1.165) is 30.9 Å². The summed E-state index contributed by atoms with van der Waals surface area (Å²) in [5.41, 5.74) is 0.748. The zero-order valence-electron chi connectivity index (χ0n) is 18.7. The topological polar surface area (TPSA) is 80.9 Å². The number of nitrogens with zero attached hydrogens (tertiary/aromatic N) is 4. The van der Waals surface area contributed by atoms with Crippen LogP contribution in [0.2, 0.25) is 0 Å². The number of piperazine rings is 1. The van der Waals surface area contributed by atoms with Gasteiger partial charge < -0.3 is 18.8 Å². The second kappa shape index (κ2) is 11.7. The van der Waals surface area contributed by atoms with Gasteiger partial charge in [-0.25, -0.2) is 0 Å². The van der Waals surface area contributed by atoms with E-state index < -0.39 is 0 Å². The third kappa shape index (κ3) is 6.49. The Morgan fingerprint density at radius 2 is 1.76 bits per heavy atom. The van der Waals surface area contributed by atoms with Gasteiger partial charge in [-0.2, -0.15) is 0 Å². The molecule has 1 aliphatic rings. The van der Waals surface area contributed by atoms with Crippen LogP contribution in [0.4, 0.5) is 0 Å². The summed E-state index contributed by atoms with van der Waals surface area (Å²) in [6.45, 7) is 7.06. The predicted molar refractivity (Wildman–Crippen MR) is 127 cm³/mol. The fourth-order valence-corrected chi connectivity index (χ4v) is 4.21. The van der Waals surface area contributed by atoms with Crippen molar-refractivity contribution in [3.05, 3.63) is 54.6 Å². The maximum Gasteiger partial charge on any atom is 0.277 e. The minimum atomic E-state index is 0.0784. The Morgan fingerprint density at radius 1 is 1.00 bits per heavy atom. The summed E-state index contributed by atoms with van der Waals surface area (Å²) in [5.74, 6) is 2.32. The molecule has 0 atom stereocenters. The van der Waals surface area contributed by atoms with Crippen molar-refractivity contribution < 1.29 is 18.7 Å². The molecule has 0 aliphatic carbocycles. The van der Waals surface area contributed by atoms with Crippen molar-refractivity contribution in [1.82, 2.24) is 20.0 Å². The van der Waals surface area contributed by atoms with Gasteiger partial charge in [-0.1, -0.05) is 42.1 Å². The number of hydrogen-bond acceptors (Lipinski definition) is 8. The van der Waals surface area contributed by atoms with Gasteiger partial charge in [-0.15, -0.1) is 10.2 Å². The Labute approximate surface area is 197 Å². The van der Waals surface area contributed by atoms with Crippen molar-refractivity contribution in [2.24, 2.45) is 0 Å². The molecule has 8 nitrogen and oxygen atoms in total. The van der Waals surface area contributed by atoms with Crippen molar-refractivity contribution in [1.29, 1.82) is 0 Å². The number of ether oxygens (including phenoxy) is 2. The molecule has 0 radical (unpaired) electrons. The summed E-state index contributed by atoms with van der Waals surface area (Å²) in [6.07, 6.45) is 0. The molecule has 33 heavy (non-hydrogen) atoms. The van der Waals surface area contributed by atoms with Gasteiger partial charge in [-0.05, 0) is 31.2 Å². The quantitative estimate of drug-likeness (QED) is 0.419. The standard InChI is InChI=1S/C24H28N4O4S/c1-2-30-21-11-7-6-10-20(21)23-25-26-24(32-23)33-18-22(29)28-14-12-27(13-15-28)16-17-31-19-8-4-3-5-9-19/h3-11H,2,12-18H2,1H3. The zero-order valence-corrected chi connectivity index (χ0v) is 19.5. The van der Waals surface area contributed by atoms with Crippen LogP contribution in [0.5, 0.6) is 11.5 Å². The van der Waals surface area contributed by atoms with Gasteiger partial charge in [-0.3, -0.25) is 9.69 Å². The molecular weight excluding hydrogens is 440 g/mol. The van der Waals surface area contributed by atoms with Gasteiger partial charge in [0, 0.05) is 32.7 Å². The third-order valence-corrected chi connectivity index (χ3v) is 6.09. The molecule has 0 unspecified atom stereocenters. The average molecular weight is 469 g/mol. The highest BCUT2D eigenvalue weighted by atomic mass is 32.2. The molecule has 9 heteroatoms. The normalized spacial score (nSPS) is 14.3. The van der Waals surface area contributed by atoms with E-state index in [9.17, 15) is 4.79 Å². The molecule has 2 heterocycles. The van der Waals surface area contributed by atoms with Crippen LogP contribution in [-0.2, 0) is 4.79 Å². The number of benzene rings is 2. The van der Waals surface area contributed by atoms with Gasteiger partial charge in [0.05, 0.1) is 17.9 Å². The van der Waals surface area contributed by atoms with Crippen molar-refractivity contribution in [2.45, 2.75) is 12.1 Å². The van der Waals surface area contributed by atoms with E-state index in [1.165, 1.54) is 11.8 Å². The summed E-state index contributed by atoms with van der Waals surface area (Å²) in [7, 11) is 0. The van der Waals surface area contributed by atoms with Gasteiger partial charge in [0.25, 0.3) is 11.1 Å². The zero-order chi connectivity index (χ0) is 22.9. The Morgan fingerprint density at radius 3 is 2.55 bits per heavy atom. The van der Waals surface area contributed by atoms with E-state index in [1.54, 1.807) is 0 Å². The summed E-state index contributed by atoms with van der Waals surface area (Å²) >= 11 is 1.26. The predicted octanol–water partition coefficient (Wildman–Crippen LogP) is 3.45. The van der Waals surface area contributed by atoms with Crippen LogP contribution in [0.1, 0.15) is 6.92 Å². The first-order chi connectivity index (χ1) is 16.2. The van der Waals surface area contributed by atoms with E-state index >= 15 is 0 Å². The summed E-state index contributed by atoms with van der Waals surface area (Å²) in [5, 5.41) is 8.58. The first-order valence-electron chi connectivity index (χ1n) is 11.1. The number of hydrogen-bond donors (Lipinski definition) is 0. The molecule has 0 N–H and O–H groups in total. The van der Waals surface area contributed by atoms with Crippen molar-refractivity contribution >= 4 is 17.7 Å². The Hall–Kier alpha value is -3.04. The number of rotatable bonds is 10. The fraction of sp³-hybridized carbons (Fsp3) is 0.375. The lowest BCUT2D eigenvalue weighted by molar-refractivity contribution is -0.130. The highest BCUT2D eigenvalue weighted by Gasteiger charge is 2.22. The first-order valence-corrected chi connectivity index (χ1v) is 12.1. The monoisotopic (exact) mass is 468 g/mol. The van der Waals surface area contributed by atoms with Gasteiger partial charge in [0.2, 0.25) is 5.91 Å². The molecule has 174 valence electrons. The first kappa shape index (κ1) is 23.1. The molecule has 1 fully saturated rings. The fourth-order valence-electron chi connectivity index (χ4n) is 3.55. The molecule has 1 saturated heterocycles. The molecule has 1 aliphatic heterocycles. The van der Waals surface area contributed by atoms with E-state index in [0.29, 0.717) is 43.2 Å². The largest absolute Gasteiger partial charge is 0.493 e. The highest BCUT2D eigenvalue weighted by Crippen LogP contribution is 2.30. The number of carbonyl (C=O) groups is 1. The molecule has 1 aromatic heterocycles. The number of thioether (sulfide) groups is 1. The Kier molecular flexibility index (Phi) is 8.21. The van der Waals surface area contributed by atoms with Crippen LogP contribution >= 0.6 is 11.8 Å². The van der Waals surface area contributed by atoms with Crippen molar-refractivity contribution in [3.63, 3.8) is 0 Å².